The lowest BCUT2D eigenvalue weighted by Crippen LogP contribution is -2.07. The number of halogens is 4. The molecule has 1 atom stereocenters. The van der Waals surface area contributed by atoms with Crippen molar-refractivity contribution in [2.75, 3.05) is 5.32 Å². The Kier molecular flexibility index (Phi) is 4.77. The number of hydrogen-bond donors (Lipinski definition) is 1. The van der Waals surface area contributed by atoms with Crippen LogP contribution >= 0.6 is 50.5 Å². The second kappa shape index (κ2) is 6.00. The molecule has 0 amide bonds. The highest BCUT2D eigenvalue weighted by Crippen LogP contribution is 2.36. The van der Waals surface area contributed by atoms with Gasteiger partial charge in [0, 0.05) is 11.3 Å². The van der Waals surface area contributed by atoms with Crippen molar-refractivity contribution in [2.24, 2.45) is 0 Å². The van der Waals surface area contributed by atoms with E-state index in [1.165, 1.54) is 17.4 Å². The molecule has 1 nitrogen and oxygen atoms in total. The Balaban J connectivity index is 2.26. The smallest absolute Gasteiger partial charge is 0.137 e. The van der Waals surface area contributed by atoms with E-state index in [0.29, 0.717) is 13.1 Å². The summed E-state index contributed by atoms with van der Waals surface area (Å²) in [7, 11) is 0. The van der Waals surface area contributed by atoms with E-state index in [1.54, 1.807) is 6.07 Å². The Hall–Kier alpha value is -0.290. The number of hydrogen-bond acceptors (Lipinski definition) is 2. The summed E-state index contributed by atoms with van der Waals surface area (Å²) in [6.45, 7) is 3.84. The Bertz CT molecular complexity index is 615. The lowest BCUT2D eigenvalue weighted by atomic mass is 10.1. The van der Waals surface area contributed by atoms with E-state index in [2.05, 4.69) is 21.2 Å². The van der Waals surface area contributed by atoms with Gasteiger partial charge < -0.3 is 5.32 Å². The maximum absolute atomic E-state index is 13.4. The first-order chi connectivity index (χ1) is 8.88. The Labute approximate surface area is 133 Å². The lowest BCUT2D eigenvalue weighted by molar-refractivity contribution is 0.620. The summed E-state index contributed by atoms with van der Waals surface area (Å²) in [6.07, 6.45) is 0. The maximum atomic E-state index is 13.4. The zero-order valence-corrected chi connectivity index (χ0v) is 14.1. The van der Waals surface area contributed by atoms with Gasteiger partial charge in [0.05, 0.1) is 19.2 Å². The van der Waals surface area contributed by atoms with Crippen molar-refractivity contribution < 1.29 is 4.39 Å². The van der Waals surface area contributed by atoms with E-state index in [9.17, 15) is 4.39 Å². The largest absolute Gasteiger partial charge is 0.378 e. The van der Waals surface area contributed by atoms with Crippen molar-refractivity contribution in [3.63, 3.8) is 0 Å². The van der Waals surface area contributed by atoms with Crippen LogP contribution in [0.2, 0.25) is 8.67 Å². The second-order valence-corrected chi connectivity index (χ2v) is 7.37. The predicted molar refractivity (Wildman–Crippen MR) is 85.2 cm³/mol. The normalized spacial score (nSPS) is 12.5. The summed E-state index contributed by atoms with van der Waals surface area (Å²) in [5.74, 6) is -0.271. The average Bonchev–Trinajstić information content (AvgIpc) is 2.65. The number of aryl methyl sites for hydroxylation is 1. The van der Waals surface area contributed by atoms with Gasteiger partial charge in [0.25, 0.3) is 0 Å². The van der Waals surface area contributed by atoms with E-state index in [4.69, 9.17) is 23.2 Å². The van der Waals surface area contributed by atoms with Crippen LogP contribution in [0, 0.1) is 12.7 Å². The van der Waals surface area contributed by atoms with Crippen LogP contribution in [0.3, 0.4) is 0 Å². The molecule has 0 saturated heterocycles. The van der Waals surface area contributed by atoms with Gasteiger partial charge in [0.15, 0.2) is 0 Å². The maximum Gasteiger partial charge on any atom is 0.137 e. The molecule has 2 aromatic rings. The van der Waals surface area contributed by atoms with Crippen LogP contribution in [0.1, 0.15) is 24.1 Å². The van der Waals surface area contributed by atoms with Gasteiger partial charge >= 0.3 is 0 Å². The minimum atomic E-state index is -0.271. The van der Waals surface area contributed by atoms with Gasteiger partial charge in [-0.25, -0.2) is 4.39 Å². The van der Waals surface area contributed by atoms with Gasteiger partial charge in [0.2, 0.25) is 0 Å². The highest BCUT2D eigenvalue weighted by molar-refractivity contribution is 9.10. The Morgan fingerprint density at radius 2 is 2.00 bits per heavy atom. The summed E-state index contributed by atoms with van der Waals surface area (Å²) >= 11 is 16.6. The van der Waals surface area contributed by atoms with E-state index < -0.39 is 0 Å². The van der Waals surface area contributed by atoms with Gasteiger partial charge in [0.1, 0.15) is 5.82 Å². The fraction of sp³-hybridized carbons (Fsp3) is 0.231. The monoisotopic (exact) mass is 381 g/mol. The first-order valence-corrected chi connectivity index (χ1v) is 7.92. The Morgan fingerprint density at radius 1 is 1.32 bits per heavy atom. The van der Waals surface area contributed by atoms with Crippen molar-refractivity contribution in [2.45, 2.75) is 19.9 Å². The molecular weight excluding hydrogens is 372 g/mol. The molecule has 0 aliphatic rings. The predicted octanol–water partition coefficient (Wildman–Crippen LogP) is 6.44. The van der Waals surface area contributed by atoms with E-state index >= 15 is 0 Å². The summed E-state index contributed by atoms with van der Waals surface area (Å²) < 4.78 is 15.1. The van der Waals surface area contributed by atoms with Crippen LogP contribution in [-0.2, 0) is 0 Å². The molecule has 0 fully saturated rings. The molecule has 6 heteroatoms. The molecule has 102 valence electrons. The summed E-state index contributed by atoms with van der Waals surface area (Å²) in [6, 6.07) is 5.05. The van der Waals surface area contributed by atoms with Gasteiger partial charge in [-0.2, -0.15) is 0 Å². The lowest BCUT2D eigenvalue weighted by Gasteiger charge is -2.17. The van der Waals surface area contributed by atoms with E-state index in [0.717, 1.165) is 16.8 Å². The molecule has 0 saturated carbocycles. The molecule has 19 heavy (non-hydrogen) atoms. The number of thiophene rings is 1. The molecule has 0 spiro atoms. The molecule has 1 aromatic carbocycles. The van der Waals surface area contributed by atoms with Crippen LogP contribution < -0.4 is 5.32 Å². The fourth-order valence-corrected chi connectivity index (χ4v) is 3.75. The third-order valence-corrected chi connectivity index (χ3v) is 4.91. The molecule has 1 aromatic heterocycles. The van der Waals surface area contributed by atoms with Crippen molar-refractivity contribution in [3.05, 3.63) is 48.3 Å². The van der Waals surface area contributed by atoms with E-state index in [-0.39, 0.29) is 11.9 Å². The van der Waals surface area contributed by atoms with Gasteiger partial charge in [-0.05, 0) is 53.5 Å². The van der Waals surface area contributed by atoms with Crippen molar-refractivity contribution in [1.29, 1.82) is 0 Å². The van der Waals surface area contributed by atoms with Crippen LogP contribution in [-0.4, -0.2) is 0 Å². The molecule has 0 radical (unpaired) electrons. The molecule has 0 aliphatic heterocycles. The second-order valence-electron chi connectivity index (χ2n) is 4.23. The highest BCUT2D eigenvalue weighted by atomic mass is 79.9. The highest BCUT2D eigenvalue weighted by Gasteiger charge is 2.15. The average molecular weight is 383 g/mol. The molecule has 0 aliphatic carbocycles. The molecular formula is C13H11BrCl2FNS. The summed E-state index contributed by atoms with van der Waals surface area (Å²) in [4.78, 5) is 0. The molecule has 1 unspecified atom stereocenters. The zero-order chi connectivity index (χ0) is 14.2. The number of anilines is 1. The standard InChI is InChI=1S/C13H11BrCl2FNS/c1-6-3-10(17)9(14)5-11(6)18-7(2)8-4-12(15)19-13(8)16/h3-5,7,18H,1-2H3. The van der Waals surface area contributed by atoms with Crippen molar-refractivity contribution in [3.8, 4) is 0 Å². The third-order valence-electron chi connectivity index (χ3n) is 2.79. The van der Waals surface area contributed by atoms with Crippen molar-refractivity contribution >= 4 is 56.2 Å². The summed E-state index contributed by atoms with van der Waals surface area (Å²) in [5.41, 5.74) is 2.64. The number of rotatable bonds is 3. The van der Waals surface area contributed by atoms with Crippen LogP contribution in [0.4, 0.5) is 10.1 Å². The quantitative estimate of drug-likeness (QED) is 0.644. The van der Waals surface area contributed by atoms with Crippen molar-refractivity contribution in [1.82, 2.24) is 0 Å². The van der Waals surface area contributed by atoms with Crippen LogP contribution in [0.5, 0.6) is 0 Å². The third kappa shape index (κ3) is 3.43. The fourth-order valence-electron chi connectivity index (χ4n) is 1.76. The number of nitrogens with one attached hydrogen (secondary N) is 1. The van der Waals surface area contributed by atoms with Crippen LogP contribution in [0.25, 0.3) is 0 Å². The first-order valence-electron chi connectivity index (χ1n) is 5.55. The summed E-state index contributed by atoms with van der Waals surface area (Å²) in [5, 5.41) is 3.32. The SMILES string of the molecule is Cc1cc(F)c(Br)cc1NC(C)c1cc(Cl)sc1Cl. The minimum Gasteiger partial charge on any atom is -0.378 e. The van der Waals surface area contributed by atoms with E-state index in [1.807, 2.05) is 19.9 Å². The topological polar surface area (TPSA) is 12.0 Å². The zero-order valence-electron chi connectivity index (χ0n) is 10.2. The minimum absolute atomic E-state index is 0.00712. The van der Waals surface area contributed by atoms with Gasteiger partial charge in [-0.15, -0.1) is 11.3 Å². The van der Waals surface area contributed by atoms with Gasteiger partial charge in [-0.1, -0.05) is 23.2 Å². The Morgan fingerprint density at radius 3 is 2.58 bits per heavy atom. The molecule has 1 N–H and O–H groups in total. The van der Waals surface area contributed by atoms with Gasteiger partial charge in [-0.3, -0.25) is 0 Å². The van der Waals surface area contributed by atoms with Crippen LogP contribution in [0.15, 0.2) is 22.7 Å². The number of benzene rings is 1. The first kappa shape index (κ1) is 15.1. The molecule has 2 rings (SSSR count). The molecule has 1 heterocycles. The molecule has 0 bridgehead atoms.